The summed E-state index contributed by atoms with van der Waals surface area (Å²) in [7, 11) is 0. The first-order valence-electron chi connectivity index (χ1n) is 3.44. The Morgan fingerprint density at radius 3 is 2.90 bits per heavy atom. The number of rotatable bonds is 5. The predicted molar refractivity (Wildman–Crippen MR) is 38.1 cm³/mol. The van der Waals surface area contributed by atoms with Gasteiger partial charge in [0.1, 0.15) is 6.04 Å². The van der Waals surface area contributed by atoms with Crippen molar-refractivity contribution in [3.8, 4) is 6.07 Å². The van der Waals surface area contributed by atoms with Crippen LogP contribution in [0.15, 0.2) is 0 Å². The molecule has 3 heteroatoms. The van der Waals surface area contributed by atoms with Gasteiger partial charge in [0.2, 0.25) is 6.41 Å². The van der Waals surface area contributed by atoms with Crippen molar-refractivity contribution in [3.05, 3.63) is 0 Å². The molecule has 56 valence electrons. The Balaban J connectivity index is 3.42. The van der Waals surface area contributed by atoms with Crippen molar-refractivity contribution in [1.29, 1.82) is 5.26 Å². The number of amides is 1. The van der Waals surface area contributed by atoms with Crippen LogP contribution in [0.3, 0.4) is 0 Å². The molecule has 0 bridgehead atoms. The highest BCUT2D eigenvalue weighted by Gasteiger charge is 2.02. The van der Waals surface area contributed by atoms with Crippen LogP contribution in [0, 0.1) is 11.3 Å². The molecule has 0 fully saturated rings. The van der Waals surface area contributed by atoms with Crippen LogP contribution in [0.2, 0.25) is 0 Å². The van der Waals surface area contributed by atoms with Gasteiger partial charge in [0.15, 0.2) is 0 Å². The molecule has 0 aromatic carbocycles. The van der Waals surface area contributed by atoms with Crippen LogP contribution in [-0.4, -0.2) is 12.5 Å². The normalized spacial score (nSPS) is 11.6. The third-order valence-electron chi connectivity index (χ3n) is 1.27. The summed E-state index contributed by atoms with van der Waals surface area (Å²) >= 11 is 0. The van der Waals surface area contributed by atoms with Crippen LogP contribution < -0.4 is 5.32 Å². The standard InChI is InChI=1S/C7H12N2O/c1-2-3-4-7(5-8)9-6-10/h6-7H,2-4H2,1H3,(H,9,10). The van der Waals surface area contributed by atoms with Crippen molar-refractivity contribution in [2.24, 2.45) is 0 Å². The number of nitriles is 1. The van der Waals surface area contributed by atoms with E-state index in [0.717, 1.165) is 19.3 Å². The average molecular weight is 140 g/mol. The number of hydrogen-bond donors (Lipinski definition) is 1. The number of nitrogens with zero attached hydrogens (tertiary/aromatic N) is 1. The minimum absolute atomic E-state index is 0.294. The lowest BCUT2D eigenvalue weighted by Gasteiger charge is -2.04. The molecule has 0 radical (unpaired) electrons. The van der Waals surface area contributed by atoms with E-state index in [4.69, 9.17) is 5.26 Å². The molecule has 0 aliphatic heterocycles. The summed E-state index contributed by atoms with van der Waals surface area (Å²) < 4.78 is 0. The SMILES string of the molecule is CCCCC(C#N)NC=O. The number of nitrogens with one attached hydrogen (secondary N) is 1. The Hall–Kier alpha value is -1.04. The smallest absolute Gasteiger partial charge is 0.208 e. The van der Waals surface area contributed by atoms with Crippen LogP contribution in [0.5, 0.6) is 0 Å². The van der Waals surface area contributed by atoms with Crippen molar-refractivity contribution < 1.29 is 4.79 Å². The van der Waals surface area contributed by atoms with E-state index in [1.165, 1.54) is 0 Å². The van der Waals surface area contributed by atoms with Crippen molar-refractivity contribution in [2.45, 2.75) is 32.2 Å². The lowest BCUT2D eigenvalue weighted by atomic mass is 10.1. The summed E-state index contributed by atoms with van der Waals surface area (Å²) in [5, 5.41) is 10.8. The van der Waals surface area contributed by atoms with E-state index in [2.05, 4.69) is 12.2 Å². The third-order valence-corrected chi connectivity index (χ3v) is 1.27. The van der Waals surface area contributed by atoms with Gasteiger partial charge in [-0.25, -0.2) is 0 Å². The van der Waals surface area contributed by atoms with Crippen LogP contribution in [0.1, 0.15) is 26.2 Å². The van der Waals surface area contributed by atoms with Crippen LogP contribution in [-0.2, 0) is 4.79 Å². The zero-order valence-corrected chi connectivity index (χ0v) is 6.13. The van der Waals surface area contributed by atoms with Gasteiger partial charge in [-0.2, -0.15) is 5.26 Å². The summed E-state index contributed by atoms with van der Waals surface area (Å²) in [5.74, 6) is 0. The summed E-state index contributed by atoms with van der Waals surface area (Å²) in [4.78, 5) is 9.88. The lowest BCUT2D eigenvalue weighted by Crippen LogP contribution is -2.25. The fourth-order valence-electron chi connectivity index (χ4n) is 0.676. The summed E-state index contributed by atoms with van der Waals surface area (Å²) in [6.07, 6.45) is 3.37. The largest absolute Gasteiger partial charge is 0.343 e. The second kappa shape index (κ2) is 6.09. The first kappa shape index (κ1) is 8.96. The summed E-state index contributed by atoms with van der Waals surface area (Å²) in [5.41, 5.74) is 0. The minimum Gasteiger partial charge on any atom is -0.343 e. The van der Waals surface area contributed by atoms with Crippen LogP contribution in [0.25, 0.3) is 0 Å². The molecule has 0 saturated carbocycles. The molecule has 3 nitrogen and oxygen atoms in total. The minimum atomic E-state index is -0.294. The Kier molecular flexibility index (Phi) is 5.45. The molecule has 0 rings (SSSR count). The molecule has 0 aliphatic rings. The maximum atomic E-state index is 9.88. The van der Waals surface area contributed by atoms with Crippen LogP contribution in [0.4, 0.5) is 0 Å². The van der Waals surface area contributed by atoms with E-state index in [-0.39, 0.29) is 6.04 Å². The number of unbranched alkanes of at least 4 members (excludes halogenated alkanes) is 1. The predicted octanol–water partition coefficient (Wildman–Crippen LogP) is 0.815. The molecular formula is C7H12N2O. The lowest BCUT2D eigenvalue weighted by molar-refractivity contribution is -0.109. The quantitative estimate of drug-likeness (QED) is 0.574. The van der Waals surface area contributed by atoms with Gasteiger partial charge in [0.25, 0.3) is 0 Å². The fourth-order valence-corrected chi connectivity index (χ4v) is 0.676. The van der Waals surface area contributed by atoms with Crippen molar-refractivity contribution in [1.82, 2.24) is 5.32 Å². The molecule has 0 saturated heterocycles. The van der Waals surface area contributed by atoms with E-state index in [0.29, 0.717) is 6.41 Å². The van der Waals surface area contributed by atoms with E-state index < -0.39 is 0 Å². The third kappa shape index (κ3) is 3.90. The molecule has 1 unspecified atom stereocenters. The second-order valence-electron chi connectivity index (χ2n) is 2.11. The second-order valence-corrected chi connectivity index (χ2v) is 2.11. The highest BCUT2D eigenvalue weighted by Crippen LogP contribution is 1.97. The van der Waals surface area contributed by atoms with Crippen molar-refractivity contribution in [2.75, 3.05) is 0 Å². The Labute approximate surface area is 61.0 Å². The molecule has 0 heterocycles. The maximum Gasteiger partial charge on any atom is 0.208 e. The molecule has 1 amide bonds. The summed E-state index contributed by atoms with van der Waals surface area (Å²) in [6.45, 7) is 2.05. The van der Waals surface area contributed by atoms with Gasteiger partial charge in [-0.15, -0.1) is 0 Å². The Bertz CT molecular complexity index is 128. The highest BCUT2D eigenvalue weighted by atomic mass is 16.1. The monoisotopic (exact) mass is 140 g/mol. The number of carbonyl (C=O) groups excluding carboxylic acids is 1. The van der Waals surface area contributed by atoms with Gasteiger partial charge < -0.3 is 5.32 Å². The van der Waals surface area contributed by atoms with Crippen LogP contribution >= 0.6 is 0 Å². The maximum absolute atomic E-state index is 9.88. The molecule has 10 heavy (non-hydrogen) atoms. The van der Waals surface area contributed by atoms with Crippen molar-refractivity contribution in [3.63, 3.8) is 0 Å². The average Bonchev–Trinajstić information content (AvgIpc) is 1.98. The van der Waals surface area contributed by atoms with E-state index in [9.17, 15) is 4.79 Å². The number of hydrogen-bond acceptors (Lipinski definition) is 2. The zero-order valence-electron chi connectivity index (χ0n) is 6.13. The number of carbonyl (C=O) groups is 1. The molecule has 1 atom stereocenters. The van der Waals surface area contributed by atoms with Gasteiger partial charge in [0.05, 0.1) is 6.07 Å². The van der Waals surface area contributed by atoms with Gasteiger partial charge in [-0.05, 0) is 6.42 Å². The summed E-state index contributed by atoms with van der Waals surface area (Å²) in [6, 6.07) is 1.70. The van der Waals surface area contributed by atoms with E-state index in [1.54, 1.807) is 0 Å². The molecule has 0 aromatic heterocycles. The van der Waals surface area contributed by atoms with E-state index in [1.807, 2.05) is 6.07 Å². The molecule has 0 aromatic rings. The molecule has 1 N–H and O–H groups in total. The Morgan fingerprint density at radius 2 is 2.50 bits per heavy atom. The van der Waals surface area contributed by atoms with Gasteiger partial charge in [0, 0.05) is 0 Å². The fraction of sp³-hybridized carbons (Fsp3) is 0.714. The molecule has 0 aliphatic carbocycles. The highest BCUT2D eigenvalue weighted by molar-refractivity contribution is 5.47. The molecule has 0 spiro atoms. The van der Waals surface area contributed by atoms with Gasteiger partial charge in [-0.1, -0.05) is 19.8 Å². The van der Waals surface area contributed by atoms with E-state index >= 15 is 0 Å². The van der Waals surface area contributed by atoms with Gasteiger partial charge in [-0.3, -0.25) is 4.79 Å². The first-order chi connectivity index (χ1) is 4.85. The van der Waals surface area contributed by atoms with Crippen molar-refractivity contribution >= 4 is 6.41 Å². The van der Waals surface area contributed by atoms with Gasteiger partial charge >= 0.3 is 0 Å². The molecular weight excluding hydrogens is 128 g/mol. The Morgan fingerprint density at radius 1 is 1.80 bits per heavy atom. The topological polar surface area (TPSA) is 52.9 Å². The first-order valence-corrected chi connectivity index (χ1v) is 3.44. The zero-order chi connectivity index (χ0) is 7.82.